The van der Waals surface area contributed by atoms with Gasteiger partial charge in [-0.1, -0.05) is 0 Å². The minimum absolute atomic E-state index is 0.0265. The van der Waals surface area contributed by atoms with Gasteiger partial charge in [-0.05, 0) is 44.2 Å². The number of aliphatic imine (C=N–C) groups is 1. The molecule has 7 nitrogen and oxygen atoms in total. The molecule has 0 saturated carbocycles. The first-order valence-electron chi connectivity index (χ1n) is 10.3. The molecule has 1 aromatic heterocycles. The van der Waals surface area contributed by atoms with Gasteiger partial charge in [0, 0.05) is 45.7 Å². The molecule has 1 aliphatic rings. The minimum Gasteiger partial charge on any atom is -0.475 e. The average molecular weight is 432 g/mol. The Kier molecular flexibility index (Phi) is 10.7. The van der Waals surface area contributed by atoms with Gasteiger partial charge in [0.2, 0.25) is 5.88 Å². The Hall–Kier alpha value is -2.07. The van der Waals surface area contributed by atoms with Crippen LogP contribution in [0.5, 0.6) is 5.88 Å². The van der Waals surface area contributed by atoms with Crippen molar-refractivity contribution in [2.45, 2.75) is 32.4 Å². The molecule has 0 amide bonds. The van der Waals surface area contributed by atoms with Crippen LogP contribution < -0.4 is 15.4 Å². The van der Waals surface area contributed by atoms with Gasteiger partial charge >= 0.3 is 6.18 Å². The summed E-state index contributed by atoms with van der Waals surface area (Å²) in [5, 5.41) is 6.13. The molecule has 1 aliphatic heterocycles. The van der Waals surface area contributed by atoms with E-state index >= 15 is 0 Å². The van der Waals surface area contributed by atoms with Crippen molar-refractivity contribution < 1.29 is 27.4 Å². The lowest BCUT2D eigenvalue weighted by atomic mass is 10.0. The van der Waals surface area contributed by atoms with Crippen LogP contribution in [-0.4, -0.2) is 63.6 Å². The van der Waals surface area contributed by atoms with Crippen LogP contribution in [0.25, 0.3) is 0 Å². The first kappa shape index (κ1) is 24.2. The standard InChI is InChI=1S/C20H31F3N4O3/c1-2-24-19(26-9-4-11-29-15-16-6-12-28-13-7-16)27-10-14-30-18-17(20(21,22)23)5-3-8-25-18/h3,5,8,16H,2,4,6-7,9-15H2,1H3,(H2,24,26,27). The third-order valence-corrected chi connectivity index (χ3v) is 4.47. The van der Waals surface area contributed by atoms with Crippen LogP contribution in [0.15, 0.2) is 23.3 Å². The molecule has 2 N–H and O–H groups in total. The second-order valence-corrected chi connectivity index (χ2v) is 6.87. The molecule has 170 valence electrons. The Morgan fingerprint density at radius 2 is 2.07 bits per heavy atom. The molecule has 0 spiro atoms. The normalized spacial score (nSPS) is 15.8. The van der Waals surface area contributed by atoms with Crippen LogP contribution in [0.1, 0.15) is 31.7 Å². The number of nitrogens with zero attached hydrogens (tertiary/aromatic N) is 2. The molecule has 30 heavy (non-hydrogen) atoms. The summed E-state index contributed by atoms with van der Waals surface area (Å²) in [5.74, 6) is 0.746. The Labute approximate surface area is 175 Å². The highest BCUT2D eigenvalue weighted by Crippen LogP contribution is 2.34. The van der Waals surface area contributed by atoms with Crippen LogP contribution in [0.3, 0.4) is 0 Å². The number of alkyl halides is 3. The molecule has 0 unspecified atom stereocenters. The highest BCUT2D eigenvalue weighted by Gasteiger charge is 2.34. The second-order valence-electron chi connectivity index (χ2n) is 6.87. The van der Waals surface area contributed by atoms with Gasteiger partial charge in [-0.3, -0.25) is 4.99 Å². The summed E-state index contributed by atoms with van der Waals surface area (Å²) in [6.45, 7) is 6.55. The van der Waals surface area contributed by atoms with Crippen LogP contribution in [-0.2, 0) is 15.7 Å². The van der Waals surface area contributed by atoms with Crippen molar-refractivity contribution in [1.29, 1.82) is 0 Å². The van der Waals surface area contributed by atoms with Crippen molar-refractivity contribution in [1.82, 2.24) is 15.6 Å². The molecule has 10 heteroatoms. The number of hydrogen-bond acceptors (Lipinski definition) is 5. The molecule has 2 heterocycles. The molecule has 1 saturated heterocycles. The quantitative estimate of drug-likeness (QED) is 0.318. The summed E-state index contributed by atoms with van der Waals surface area (Å²) < 4.78 is 55.1. The molecule has 0 aliphatic carbocycles. The maximum absolute atomic E-state index is 12.9. The number of nitrogens with one attached hydrogen (secondary N) is 2. The van der Waals surface area contributed by atoms with Crippen LogP contribution >= 0.6 is 0 Å². The fraction of sp³-hybridized carbons (Fsp3) is 0.700. The van der Waals surface area contributed by atoms with Crippen molar-refractivity contribution in [2.24, 2.45) is 10.9 Å². The molecule has 0 atom stereocenters. The number of ether oxygens (including phenoxy) is 3. The van der Waals surface area contributed by atoms with Crippen molar-refractivity contribution in [3.05, 3.63) is 23.9 Å². The Balaban J connectivity index is 1.65. The van der Waals surface area contributed by atoms with Gasteiger partial charge in [-0.15, -0.1) is 0 Å². The molecular formula is C20H31F3N4O3. The van der Waals surface area contributed by atoms with Gasteiger partial charge in [0.1, 0.15) is 12.2 Å². The number of aromatic nitrogens is 1. The zero-order valence-electron chi connectivity index (χ0n) is 17.3. The molecule has 0 radical (unpaired) electrons. The van der Waals surface area contributed by atoms with Gasteiger partial charge in [0.15, 0.2) is 5.96 Å². The summed E-state index contributed by atoms with van der Waals surface area (Å²) in [5.41, 5.74) is -0.883. The lowest BCUT2D eigenvalue weighted by Gasteiger charge is -2.21. The van der Waals surface area contributed by atoms with E-state index in [4.69, 9.17) is 14.2 Å². The van der Waals surface area contributed by atoms with Crippen molar-refractivity contribution in [3.63, 3.8) is 0 Å². The zero-order valence-corrected chi connectivity index (χ0v) is 17.3. The number of hydrogen-bond donors (Lipinski definition) is 2. The summed E-state index contributed by atoms with van der Waals surface area (Å²) in [4.78, 5) is 8.12. The van der Waals surface area contributed by atoms with Crippen LogP contribution in [0.4, 0.5) is 13.2 Å². The van der Waals surface area contributed by atoms with Gasteiger partial charge in [0.05, 0.1) is 6.54 Å². The summed E-state index contributed by atoms with van der Waals surface area (Å²) in [6.07, 6.45) is -0.331. The third kappa shape index (κ3) is 9.17. The monoisotopic (exact) mass is 432 g/mol. The van der Waals surface area contributed by atoms with E-state index < -0.39 is 17.6 Å². The molecule has 2 rings (SSSR count). The number of pyridine rings is 1. The number of rotatable bonds is 11. The van der Waals surface area contributed by atoms with Crippen molar-refractivity contribution >= 4 is 5.96 Å². The predicted octanol–water partition coefficient (Wildman–Crippen LogP) is 2.87. The highest BCUT2D eigenvalue weighted by molar-refractivity contribution is 5.79. The van der Waals surface area contributed by atoms with E-state index in [1.54, 1.807) is 0 Å². The topological polar surface area (TPSA) is 77.0 Å². The smallest absolute Gasteiger partial charge is 0.421 e. The average Bonchev–Trinajstić information content (AvgIpc) is 2.74. The number of halogens is 3. The predicted molar refractivity (Wildman–Crippen MR) is 108 cm³/mol. The van der Waals surface area contributed by atoms with Crippen molar-refractivity contribution in [3.8, 4) is 5.88 Å². The van der Waals surface area contributed by atoms with E-state index in [0.29, 0.717) is 38.1 Å². The summed E-state index contributed by atoms with van der Waals surface area (Å²) in [7, 11) is 0. The van der Waals surface area contributed by atoms with Gasteiger partial charge < -0.3 is 24.8 Å². The highest BCUT2D eigenvalue weighted by atomic mass is 19.4. The van der Waals surface area contributed by atoms with E-state index in [0.717, 1.165) is 45.1 Å². The van der Waals surface area contributed by atoms with E-state index in [2.05, 4.69) is 20.6 Å². The molecular weight excluding hydrogens is 401 g/mol. The maximum Gasteiger partial charge on any atom is 0.421 e. The summed E-state index contributed by atoms with van der Waals surface area (Å²) >= 11 is 0. The molecule has 1 fully saturated rings. The lowest BCUT2D eigenvalue weighted by molar-refractivity contribution is -0.139. The Morgan fingerprint density at radius 1 is 1.27 bits per heavy atom. The Bertz CT molecular complexity index is 638. The second kappa shape index (κ2) is 13.3. The first-order valence-corrected chi connectivity index (χ1v) is 10.3. The lowest BCUT2D eigenvalue weighted by Crippen LogP contribution is -2.39. The van der Waals surface area contributed by atoms with E-state index in [1.165, 1.54) is 12.3 Å². The molecule has 1 aromatic rings. The van der Waals surface area contributed by atoms with E-state index in [-0.39, 0.29) is 6.61 Å². The SMILES string of the molecule is CCNC(=NCCCOCC1CCOCC1)NCCOc1ncccc1C(F)(F)F. The largest absolute Gasteiger partial charge is 0.475 e. The van der Waals surface area contributed by atoms with Gasteiger partial charge in [0.25, 0.3) is 0 Å². The fourth-order valence-electron chi connectivity index (χ4n) is 2.90. The van der Waals surface area contributed by atoms with E-state index in [1.807, 2.05) is 6.92 Å². The van der Waals surface area contributed by atoms with E-state index in [9.17, 15) is 13.2 Å². The summed E-state index contributed by atoms with van der Waals surface area (Å²) in [6, 6.07) is 2.18. The van der Waals surface area contributed by atoms with Crippen molar-refractivity contribution in [2.75, 3.05) is 52.7 Å². The third-order valence-electron chi connectivity index (χ3n) is 4.47. The van der Waals surface area contributed by atoms with Gasteiger partial charge in [-0.25, -0.2) is 4.98 Å². The zero-order chi connectivity index (χ0) is 21.7. The minimum atomic E-state index is -4.50. The first-order chi connectivity index (χ1) is 14.5. The Morgan fingerprint density at radius 3 is 2.80 bits per heavy atom. The fourth-order valence-corrected chi connectivity index (χ4v) is 2.90. The number of guanidine groups is 1. The van der Waals surface area contributed by atoms with Crippen LogP contribution in [0.2, 0.25) is 0 Å². The maximum atomic E-state index is 12.9. The molecule has 0 aromatic carbocycles. The van der Waals surface area contributed by atoms with Crippen LogP contribution in [0, 0.1) is 5.92 Å². The van der Waals surface area contributed by atoms with Gasteiger partial charge in [-0.2, -0.15) is 13.2 Å². The molecule has 0 bridgehead atoms.